The summed E-state index contributed by atoms with van der Waals surface area (Å²) < 4.78 is 6.72. The molecule has 2 nitrogen and oxygen atoms in total. The minimum Gasteiger partial charge on any atom is -0.493 e. The van der Waals surface area contributed by atoms with Crippen LogP contribution in [-0.2, 0) is 6.42 Å². The fourth-order valence-corrected chi connectivity index (χ4v) is 1.81. The van der Waals surface area contributed by atoms with Gasteiger partial charge in [0, 0.05) is 22.6 Å². The highest BCUT2D eigenvalue weighted by molar-refractivity contribution is 9.10. The molecule has 17 heavy (non-hydrogen) atoms. The Balaban J connectivity index is 1.85. The third-order valence-corrected chi connectivity index (χ3v) is 2.96. The molecule has 0 saturated heterocycles. The average Bonchev–Trinajstić information content (AvgIpc) is 2.32. The van der Waals surface area contributed by atoms with Crippen LogP contribution in [0.25, 0.3) is 0 Å². The van der Waals surface area contributed by atoms with E-state index in [1.54, 1.807) is 0 Å². The molecular formula is C14H14BrNO. The molecule has 0 aromatic heterocycles. The van der Waals surface area contributed by atoms with E-state index in [0.717, 1.165) is 22.3 Å². The van der Waals surface area contributed by atoms with Gasteiger partial charge in [0.15, 0.2) is 0 Å². The number of hydrogen-bond donors (Lipinski definition) is 1. The van der Waals surface area contributed by atoms with Crippen LogP contribution >= 0.6 is 15.9 Å². The maximum atomic E-state index is 5.67. The molecule has 0 radical (unpaired) electrons. The van der Waals surface area contributed by atoms with Gasteiger partial charge in [-0.15, -0.1) is 0 Å². The third-order valence-electron chi connectivity index (χ3n) is 2.43. The Kier molecular flexibility index (Phi) is 4.04. The van der Waals surface area contributed by atoms with Crippen molar-refractivity contribution >= 4 is 21.6 Å². The fourth-order valence-electron chi connectivity index (χ4n) is 1.54. The van der Waals surface area contributed by atoms with E-state index in [9.17, 15) is 0 Å². The lowest BCUT2D eigenvalue weighted by Gasteiger charge is -2.06. The predicted octanol–water partition coefficient (Wildman–Crippen LogP) is 3.65. The lowest BCUT2D eigenvalue weighted by atomic mass is 10.2. The minimum absolute atomic E-state index is 0.658. The molecular weight excluding hydrogens is 278 g/mol. The normalized spacial score (nSPS) is 10.2. The Bertz CT molecular complexity index is 482. The number of nitrogens with two attached hydrogens (primary N) is 1. The Morgan fingerprint density at radius 3 is 2.53 bits per heavy atom. The van der Waals surface area contributed by atoms with Crippen molar-refractivity contribution in [3.8, 4) is 5.75 Å². The van der Waals surface area contributed by atoms with Crippen molar-refractivity contribution in [3.63, 3.8) is 0 Å². The first-order valence-electron chi connectivity index (χ1n) is 5.47. The number of anilines is 1. The van der Waals surface area contributed by atoms with Crippen LogP contribution in [0.5, 0.6) is 5.75 Å². The third kappa shape index (κ3) is 3.79. The molecule has 0 fully saturated rings. The highest BCUT2D eigenvalue weighted by Crippen LogP contribution is 2.15. The summed E-state index contributed by atoms with van der Waals surface area (Å²) in [4.78, 5) is 0. The number of halogens is 1. The first kappa shape index (κ1) is 12.0. The molecule has 0 heterocycles. The van der Waals surface area contributed by atoms with Crippen LogP contribution in [0.15, 0.2) is 53.0 Å². The zero-order valence-electron chi connectivity index (χ0n) is 9.40. The molecule has 2 aromatic carbocycles. The number of rotatable bonds is 4. The van der Waals surface area contributed by atoms with Gasteiger partial charge in [-0.3, -0.25) is 0 Å². The van der Waals surface area contributed by atoms with Crippen LogP contribution in [0.2, 0.25) is 0 Å². The van der Waals surface area contributed by atoms with E-state index in [0.29, 0.717) is 6.61 Å². The van der Waals surface area contributed by atoms with Gasteiger partial charge in [-0.05, 0) is 29.8 Å². The minimum atomic E-state index is 0.658. The molecule has 0 aliphatic heterocycles. The van der Waals surface area contributed by atoms with Crippen LogP contribution in [0, 0.1) is 0 Å². The summed E-state index contributed by atoms with van der Waals surface area (Å²) in [7, 11) is 0. The van der Waals surface area contributed by atoms with Crippen LogP contribution in [0.1, 0.15) is 5.56 Å². The maximum Gasteiger partial charge on any atom is 0.121 e. The van der Waals surface area contributed by atoms with Crippen molar-refractivity contribution in [2.45, 2.75) is 6.42 Å². The Morgan fingerprint density at radius 2 is 1.82 bits per heavy atom. The van der Waals surface area contributed by atoms with Gasteiger partial charge in [0.2, 0.25) is 0 Å². The summed E-state index contributed by atoms with van der Waals surface area (Å²) in [5, 5.41) is 0. The second kappa shape index (κ2) is 5.73. The van der Waals surface area contributed by atoms with Gasteiger partial charge in [-0.25, -0.2) is 0 Å². The van der Waals surface area contributed by atoms with Crippen molar-refractivity contribution in [1.29, 1.82) is 0 Å². The van der Waals surface area contributed by atoms with Gasteiger partial charge in [0.25, 0.3) is 0 Å². The molecule has 0 aliphatic carbocycles. The van der Waals surface area contributed by atoms with Crippen molar-refractivity contribution in [1.82, 2.24) is 0 Å². The van der Waals surface area contributed by atoms with Crippen LogP contribution in [0.4, 0.5) is 5.69 Å². The molecule has 3 heteroatoms. The van der Waals surface area contributed by atoms with E-state index in [2.05, 4.69) is 28.1 Å². The van der Waals surface area contributed by atoms with E-state index in [1.807, 2.05) is 36.4 Å². The van der Waals surface area contributed by atoms with Gasteiger partial charge in [-0.1, -0.05) is 34.1 Å². The molecule has 2 aromatic rings. The molecule has 0 bridgehead atoms. The first-order valence-corrected chi connectivity index (χ1v) is 6.26. The summed E-state index contributed by atoms with van der Waals surface area (Å²) in [6.07, 6.45) is 0.891. The van der Waals surface area contributed by atoms with Gasteiger partial charge in [0.1, 0.15) is 5.75 Å². The van der Waals surface area contributed by atoms with E-state index in [-0.39, 0.29) is 0 Å². The molecule has 2 N–H and O–H groups in total. The van der Waals surface area contributed by atoms with Crippen molar-refractivity contribution in [2.24, 2.45) is 0 Å². The summed E-state index contributed by atoms with van der Waals surface area (Å²) in [6, 6.07) is 15.7. The average molecular weight is 292 g/mol. The Labute approximate surface area is 110 Å². The van der Waals surface area contributed by atoms with E-state index in [4.69, 9.17) is 10.5 Å². The van der Waals surface area contributed by atoms with Crippen molar-refractivity contribution in [2.75, 3.05) is 12.3 Å². The largest absolute Gasteiger partial charge is 0.493 e. The molecule has 88 valence electrons. The summed E-state index contributed by atoms with van der Waals surface area (Å²) in [6.45, 7) is 0.658. The predicted molar refractivity (Wildman–Crippen MR) is 74.2 cm³/mol. The summed E-state index contributed by atoms with van der Waals surface area (Å²) >= 11 is 3.41. The van der Waals surface area contributed by atoms with Gasteiger partial charge >= 0.3 is 0 Å². The molecule has 0 atom stereocenters. The van der Waals surface area contributed by atoms with Crippen LogP contribution in [-0.4, -0.2) is 6.61 Å². The standard InChI is InChI=1S/C14H14BrNO/c15-12-6-4-11(5-7-12)8-9-17-14-3-1-2-13(16)10-14/h1-7,10H,8-9,16H2. The first-order chi connectivity index (χ1) is 8.24. The van der Waals surface area contributed by atoms with Crippen molar-refractivity contribution in [3.05, 3.63) is 58.6 Å². The topological polar surface area (TPSA) is 35.2 Å². The second-order valence-corrected chi connectivity index (χ2v) is 4.71. The second-order valence-electron chi connectivity index (χ2n) is 3.80. The van der Waals surface area contributed by atoms with Gasteiger partial charge in [0.05, 0.1) is 6.61 Å². The molecule has 0 saturated carbocycles. The number of benzene rings is 2. The van der Waals surface area contributed by atoms with Gasteiger partial charge < -0.3 is 10.5 Å². The smallest absolute Gasteiger partial charge is 0.121 e. The zero-order valence-corrected chi connectivity index (χ0v) is 11.0. The maximum absolute atomic E-state index is 5.67. The van der Waals surface area contributed by atoms with Gasteiger partial charge in [-0.2, -0.15) is 0 Å². The molecule has 0 unspecified atom stereocenters. The quantitative estimate of drug-likeness (QED) is 0.873. The monoisotopic (exact) mass is 291 g/mol. The highest BCUT2D eigenvalue weighted by atomic mass is 79.9. The lowest BCUT2D eigenvalue weighted by molar-refractivity contribution is 0.322. The highest BCUT2D eigenvalue weighted by Gasteiger charge is 1.96. The SMILES string of the molecule is Nc1cccc(OCCc2ccc(Br)cc2)c1. The molecule has 0 amide bonds. The number of nitrogen functional groups attached to an aromatic ring is 1. The van der Waals surface area contributed by atoms with Crippen molar-refractivity contribution < 1.29 is 4.74 Å². The van der Waals surface area contributed by atoms with E-state index < -0.39 is 0 Å². The van der Waals surface area contributed by atoms with Crippen LogP contribution in [0.3, 0.4) is 0 Å². The van der Waals surface area contributed by atoms with E-state index >= 15 is 0 Å². The Hall–Kier alpha value is -1.48. The zero-order chi connectivity index (χ0) is 12.1. The van der Waals surface area contributed by atoms with E-state index in [1.165, 1.54) is 5.56 Å². The molecule has 2 rings (SSSR count). The molecule has 0 spiro atoms. The lowest BCUT2D eigenvalue weighted by Crippen LogP contribution is -2.01. The summed E-state index contributed by atoms with van der Waals surface area (Å²) in [5.41, 5.74) is 7.66. The Morgan fingerprint density at radius 1 is 1.06 bits per heavy atom. The number of ether oxygens (including phenoxy) is 1. The fraction of sp³-hybridized carbons (Fsp3) is 0.143. The summed E-state index contributed by atoms with van der Waals surface area (Å²) in [5.74, 6) is 0.821. The number of hydrogen-bond acceptors (Lipinski definition) is 2. The molecule has 0 aliphatic rings. The van der Waals surface area contributed by atoms with Crippen LogP contribution < -0.4 is 10.5 Å².